The summed E-state index contributed by atoms with van der Waals surface area (Å²) >= 11 is 0. The number of benzene rings is 6. The number of hydrogen-bond donors (Lipinski definition) is 0. The Kier molecular flexibility index (Phi) is 13.9. The molecule has 0 spiro atoms. The fourth-order valence-corrected chi connectivity index (χ4v) is 7.47. The van der Waals surface area contributed by atoms with Gasteiger partial charge < -0.3 is 4.74 Å². The zero-order valence-corrected chi connectivity index (χ0v) is 33.5. The predicted molar refractivity (Wildman–Crippen MR) is 200 cm³/mol. The summed E-state index contributed by atoms with van der Waals surface area (Å²) in [5.41, 5.74) is -12.6. The number of carbonyl (C=O) groups is 1. The van der Waals surface area contributed by atoms with Gasteiger partial charge in [0.2, 0.25) is 17.8 Å². The minimum atomic E-state index is -7.22. The lowest BCUT2D eigenvalue weighted by atomic mass is 9.12. The lowest BCUT2D eigenvalue weighted by Crippen LogP contribution is -2.81. The molecular formula is C44H20BF20NO2. The Hall–Kier alpha value is -7.14. The molecule has 356 valence electrons. The molecule has 0 radical (unpaired) electrons. The van der Waals surface area contributed by atoms with E-state index >= 15 is 35.1 Å². The molecule has 0 saturated carbocycles. The number of Topliss-reactive ketones (excluding diaryl/α,β-unsaturated/α-hetero) is 1. The third kappa shape index (κ3) is 8.11. The lowest BCUT2D eigenvalue weighted by molar-refractivity contribution is -0.657. The first-order valence-electron chi connectivity index (χ1n) is 18.7. The summed E-state index contributed by atoms with van der Waals surface area (Å²) in [5.74, 6) is -70.5. The van der Waals surface area contributed by atoms with Crippen molar-refractivity contribution in [1.82, 2.24) is 0 Å². The van der Waals surface area contributed by atoms with Crippen LogP contribution in [-0.2, 0) is 6.54 Å². The van der Waals surface area contributed by atoms with Gasteiger partial charge in [-0.25, -0.2) is 87.8 Å². The first-order valence-corrected chi connectivity index (χ1v) is 18.7. The highest BCUT2D eigenvalue weighted by Crippen LogP contribution is 2.31. The number of rotatable bonds is 9. The van der Waals surface area contributed by atoms with E-state index in [1.165, 1.54) is 0 Å². The van der Waals surface area contributed by atoms with Crippen molar-refractivity contribution >= 4 is 44.7 Å². The highest BCUT2D eigenvalue weighted by Gasteiger charge is 2.52. The van der Waals surface area contributed by atoms with Crippen molar-refractivity contribution in [1.29, 1.82) is 0 Å². The van der Waals surface area contributed by atoms with Crippen LogP contribution in [-0.4, -0.2) is 18.0 Å². The van der Waals surface area contributed by atoms with Gasteiger partial charge in [-0.2, -0.15) is 4.57 Å². The zero-order valence-electron chi connectivity index (χ0n) is 33.5. The maximum atomic E-state index is 15.4. The first-order chi connectivity index (χ1) is 31.8. The minimum absolute atomic E-state index is 0.0856. The summed E-state index contributed by atoms with van der Waals surface area (Å²) in [6.45, 7) is 4.29. The van der Waals surface area contributed by atoms with Crippen LogP contribution >= 0.6 is 0 Å². The molecule has 0 aliphatic heterocycles. The Morgan fingerprint density at radius 3 is 1.04 bits per heavy atom. The molecule has 0 atom stereocenters. The van der Waals surface area contributed by atoms with Gasteiger partial charge in [-0.05, 0) is 50.2 Å². The van der Waals surface area contributed by atoms with Crippen molar-refractivity contribution in [3.63, 3.8) is 0 Å². The molecule has 0 amide bonds. The maximum Gasteiger partial charge on any atom is 0.227 e. The monoisotopic (exact) mass is 985 g/mol. The molecule has 0 aliphatic carbocycles. The van der Waals surface area contributed by atoms with Crippen molar-refractivity contribution < 1.29 is 102 Å². The number of fused-ring (bicyclic) bond motifs is 1. The summed E-state index contributed by atoms with van der Waals surface area (Å²) < 4.78 is 302. The minimum Gasteiger partial charge on any atom is -0.491 e. The standard InChI is InChI=1S/C24BF20.C20H20NO2/c26-5-1(6(27)14(35)21(42)13(5)34)25(2-7(28)15(36)22(43)16(37)8(2)29,3-9(30)17(38)23(44)18(39)10(3)31)4-11(32)19(40)24(45)20(41)12(4)33;1-15(2)23-18-11-9-17(10-12-18)20(22)14-21-13-5-7-16-6-3-4-8-19(16)21/h;3-13,15H,14H2,1-2H3/q-1;+1. The Balaban J connectivity index is 0.000000276. The molecule has 0 N–H and O–H groups in total. The normalized spacial score (nSPS) is 11.6. The van der Waals surface area contributed by atoms with E-state index in [1.807, 2.05) is 85.3 Å². The number of pyridine rings is 1. The number of aromatic nitrogens is 1. The molecule has 1 aromatic heterocycles. The van der Waals surface area contributed by atoms with Crippen LogP contribution in [0.25, 0.3) is 10.9 Å². The van der Waals surface area contributed by atoms with E-state index in [0.717, 1.165) is 16.7 Å². The molecule has 7 aromatic rings. The second-order valence-corrected chi connectivity index (χ2v) is 14.6. The molecule has 24 heteroatoms. The Labute approximate surface area is 367 Å². The van der Waals surface area contributed by atoms with Crippen molar-refractivity contribution in [3.05, 3.63) is 189 Å². The van der Waals surface area contributed by atoms with Crippen LogP contribution in [0.5, 0.6) is 5.75 Å². The molecule has 0 bridgehead atoms. The molecule has 68 heavy (non-hydrogen) atoms. The van der Waals surface area contributed by atoms with Gasteiger partial charge in [0.25, 0.3) is 0 Å². The van der Waals surface area contributed by atoms with Crippen LogP contribution in [0.15, 0.2) is 66.9 Å². The summed E-state index contributed by atoms with van der Waals surface area (Å²) in [6, 6.07) is 19.4. The number of ether oxygens (including phenoxy) is 1. The van der Waals surface area contributed by atoms with E-state index < -0.39 is 144 Å². The van der Waals surface area contributed by atoms with Crippen LogP contribution in [0, 0.1) is 116 Å². The topological polar surface area (TPSA) is 30.2 Å². The SMILES string of the molecule is CC(C)Oc1ccc(C(=O)C[n+]2cccc3ccccc32)cc1.Fc1c(F)c(F)c([B-](c2c(F)c(F)c(F)c(F)c2F)(c2c(F)c(F)c(F)c(F)c2F)c2c(F)c(F)c(F)c(F)c2F)c(F)c1F. The lowest BCUT2D eigenvalue weighted by Gasteiger charge is -2.44. The van der Waals surface area contributed by atoms with Gasteiger partial charge >= 0.3 is 0 Å². The second-order valence-electron chi connectivity index (χ2n) is 14.6. The number of ketones is 1. The third-order valence-electron chi connectivity index (χ3n) is 10.4. The van der Waals surface area contributed by atoms with Crippen LogP contribution in [0.4, 0.5) is 87.8 Å². The molecular weight excluding hydrogens is 965 g/mol. The van der Waals surface area contributed by atoms with Gasteiger partial charge in [0.1, 0.15) is 58.4 Å². The Morgan fingerprint density at radius 2 is 0.721 bits per heavy atom. The molecule has 0 aliphatic rings. The highest BCUT2D eigenvalue weighted by atomic mass is 19.2. The smallest absolute Gasteiger partial charge is 0.227 e. The molecule has 3 nitrogen and oxygen atoms in total. The second kappa shape index (κ2) is 18.9. The molecule has 1 heterocycles. The van der Waals surface area contributed by atoms with Gasteiger partial charge in [-0.3, -0.25) is 4.79 Å². The van der Waals surface area contributed by atoms with Gasteiger partial charge in [-0.1, -0.05) is 12.1 Å². The van der Waals surface area contributed by atoms with Gasteiger partial charge in [0.15, 0.2) is 76.0 Å². The largest absolute Gasteiger partial charge is 0.491 e. The van der Waals surface area contributed by atoms with Crippen molar-refractivity contribution in [3.8, 4) is 5.75 Å². The number of hydrogen-bond acceptors (Lipinski definition) is 2. The Morgan fingerprint density at radius 1 is 0.426 bits per heavy atom. The van der Waals surface area contributed by atoms with E-state index in [1.54, 1.807) is 0 Å². The summed E-state index contributed by atoms with van der Waals surface area (Å²) in [6.07, 6.45) is -5.15. The predicted octanol–water partition coefficient (Wildman–Crippen LogP) is 9.64. The Bertz CT molecular complexity index is 2800. The highest BCUT2D eigenvalue weighted by molar-refractivity contribution is 7.20. The van der Waals surface area contributed by atoms with Gasteiger partial charge in [-0.15, -0.1) is 21.9 Å². The number of halogens is 20. The van der Waals surface area contributed by atoms with E-state index in [9.17, 15) is 57.5 Å². The van der Waals surface area contributed by atoms with E-state index in [2.05, 4.69) is 0 Å². The third-order valence-corrected chi connectivity index (χ3v) is 10.4. The van der Waals surface area contributed by atoms with Crippen LogP contribution in [0.1, 0.15) is 24.2 Å². The van der Waals surface area contributed by atoms with Crippen LogP contribution in [0.2, 0.25) is 0 Å². The number of para-hydroxylation sites is 1. The fourth-order valence-electron chi connectivity index (χ4n) is 7.47. The molecule has 6 aromatic carbocycles. The summed E-state index contributed by atoms with van der Waals surface area (Å²) in [7, 11) is 0. The van der Waals surface area contributed by atoms with Gasteiger partial charge in [0, 0.05) is 23.1 Å². The summed E-state index contributed by atoms with van der Waals surface area (Å²) in [4.78, 5) is 12.5. The quantitative estimate of drug-likeness (QED) is 0.0361. The first kappa shape index (κ1) is 50.3. The number of nitrogens with zero attached hydrogens (tertiary/aromatic N) is 1. The van der Waals surface area contributed by atoms with Crippen molar-refractivity contribution in [2.24, 2.45) is 0 Å². The van der Waals surface area contributed by atoms with E-state index in [-0.39, 0.29) is 11.9 Å². The average molecular weight is 985 g/mol. The molecule has 0 unspecified atom stereocenters. The average Bonchev–Trinajstić information content (AvgIpc) is 3.31. The zero-order chi connectivity index (χ0) is 50.6. The van der Waals surface area contributed by atoms with Crippen LogP contribution < -0.4 is 31.2 Å². The molecule has 7 rings (SSSR count). The van der Waals surface area contributed by atoms with Gasteiger partial charge in [0.05, 0.1) is 6.10 Å². The van der Waals surface area contributed by atoms with Crippen molar-refractivity contribution in [2.45, 2.75) is 26.5 Å². The molecule has 0 saturated heterocycles. The van der Waals surface area contributed by atoms with Crippen molar-refractivity contribution in [2.75, 3.05) is 0 Å². The van der Waals surface area contributed by atoms with Crippen LogP contribution in [0.3, 0.4) is 0 Å². The van der Waals surface area contributed by atoms with E-state index in [0.29, 0.717) is 12.1 Å². The van der Waals surface area contributed by atoms with E-state index in [4.69, 9.17) is 4.74 Å². The molecule has 0 fully saturated rings. The maximum absolute atomic E-state index is 15.4. The fraction of sp³-hybridized carbons (Fsp3) is 0.0909. The number of carbonyl (C=O) groups excluding carboxylic acids is 1. The summed E-state index contributed by atoms with van der Waals surface area (Å²) in [5, 5.41) is 1.13.